The molecule has 0 unspecified atom stereocenters. The summed E-state index contributed by atoms with van der Waals surface area (Å²) < 4.78 is 11.5. The van der Waals surface area contributed by atoms with Gasteiger partial charge in [0.15, 0.2) is 6.29 Å². The molecular formula is C15H25NO2. The number of hydrogen-bond acceptors (Lipinski definition) is 3. The Bertz CT molecular complexity index is 294. The van der Waals surface area contributed by atoms with Crippen LogP contribution in [0.5, 0.6) is 0 Å². The first-order chi connectivity index (χ1) is 8.67. The van der Waals surface area contributed by atoms with Crippen LogP contribution in [-0.2, 0) is 9.47 Å². The Kier molecular flexibility index (Phi) is 4.64. The van der Waals surface area contributed by atoms with Gasteiger partial charge < -0.3 is 9.47 Å². The molecule has 1 heterocycles. The molecule has 1 aliphatic heterocycles. The van der Waals surface area contributed by atoms with Crippen LogP contribution in [0.4, 0.5) is 0 Å². The number of nitriles is 1. The molecule has 1 saturated heterocycles. The molecule has 18 heavy (non-hydrogen) atoms. The maximum atomic E-state index is 9.03. The number of hydrogen-bond donors (Lipinski definition) is 0. The van der Waals surface area contributed by atoms with Crippen molar-refractivity contribution in [3.63, 3.8) is 0 Å². The van der Waals surface area contributed by atoms with Gasteiger partial charge in [-0.25, -0.2) is 0 Å². The maximum Gasteiger partial charge on any atom is 0.160 e. The van der Waals surface area contributed by atoms with Crippen molar-refractivity contribution in [3.05, 3.63) is 0 Å². The van der Waals surface area contributed by atoms with Gasteiger partial charge in [0.25, 0.3) is 0 Å². The molecule has 1 aliphatic carbocycles. The van der Waals surface area contributed by atoms with Gasteiger partial charge in [0.2, 0.25) is 0 Å². The molecule has 3 heteroatoms. The summed E-state index contributed by atoms with van der Waals surface area (Å²) in [5.41, 5.74) is -0.448. The van der Waals surface area contributed by atoms with Crippen molar-refractivity contribution in [3.8, 4) is 6.07 Å². The fourth-order valence-electron chi connectivity index (χ4n) is 3.12. The van der Waals surface area contributed by atoms with Crippen LogP contribution in [0.3, 0.4) is 0 Å². The molecule has 3 nitrogen and oxygen atoms in total. The summed E-state index contributed by atoms with van der Waals surface area (Å²) in [6.45, 7) is 5.20. The predicted octanol–water partition coefficient (Wildman–Crippen LogP) is 3.50. The Morgan fingerprint density at radius 1 is 1.17 bits per heavy atom. The molecule has 0 bridgehead atoms. The number of ether oxygens (including phenoxy) is 2. The highest BCUT2D eigenvalue weighted by atomic mass is 16.7. The molecular weight excluding hydrogens is 226 g/mol. The summed E-state index contributed by atoms with van der Waals surface area (Å²) >= 11 is 0. The Morgan fingerprint density at radius 2 is 1.78 bits per heavy atom. The van der Waals surface area contributed by atoms with Gasteiger partial charge in [-0.3, -0.25) is 0 Å². The maximum absolute atomic E-state index is 9.03. The summed E-state index contributed by atoms with van der Waals surface area (Å²) in [5, 5.41) is 9.03. The molecule has 0 amide bonds. The lowest BCUT2D eigenvalue weighted by Gasteiger charge is -2.39. The lowest BCUT2D eigenvalue weighted by atomic mass is 9.79. The van der Waals surface area contributed by atoms with Crippen LogP contribution in [0.1, 0.15) is 52.4 Å². The minimum Gasteiger partial charge on any atom is -0.351 e. The first-order valence-corrected chi connectivity index (χ1v) is 7.31. The molecule has 0 spiro atoms. The van der Waals surface area contributed by atoms with Crippen LogP contribution < -0.4 is 0 Å². The van der Waals surface area contributed by atoms with Gasteiger partial charge in [-0.15, -0.1) is 0 Å². The van der Waals surface area contributed by atoms with Crippen LogP contribution in [-0.4, -0.2) is 19.5 Å². The molecule has 2 rings (SSSR count). The Hall–Kier alpha value is -0.590. The highest BCUT2D eigenvalue weighted by Gasteiger charge is 2.37. The molecule has 0 radical (unpaired) electrons. The molecule has 0 aromatic carbocycles. The van der Waals surface area contributed by atoms with E-state index in [0.717, 1.165) is 5.92 Å². The van der Waals surface area contributed by atoms with Crippen LogP contribution in [0.15, 0.2) is 0 Å². The van der Waals surface area contributed by atoms with E-state index in [9.17, 15) is 0 Å². The molecule has 0 N–H and O–H groups in total. The fraction of sp³-hybridized carbons (Fsp3) is 0.933. The van der Waals surface area contributed by atoms with Crippen molar-refractivity contribution in [2.45, 2.75) is 58.7 Å². The van der Waals surface area contributed by atoms with Crippen LogP contribution in [0.25, 0.3) is 0 Å². The quantitative estimate of drug-likeness (QED) is 0.771. The van der Waals surface area contributed by atoms with Gasteiger partial charge in [-0.1, -0.05) is 19.8 Å². The third-order valence-electron chi connectivity index (χ3n) is 4.38. The van der Waals surface area contributed by atoms with Crippen molar-refractivity contribution in [2.75, 3.05) is 13.2 Å². The third-order valence-corrected chi connectivity index (χ3v) is 4.38. The van der Waals surface area contributed by atoms with E-state index in [-0.39, 0.29) is 6.29 Å². The highest BCUT2D eigenvalue weighted by molar-refractivity contribution is 4.97. The SMILES string of the molecule is CCCC1CCC(C2OCC(C)(C#N)CO2)CC1. The Labute approximate surface area is 110 Å². The van der Waals surface area contributed by atoms with E-state index in [0.29, 0.717) is 19.1 Å². The van der Waals surface area contributed by atoms with Crippen molar-refractivity contribution in [1.82, 2.24) is 0 Å². The smallest absolute Gasteiger partial charge is 0.160 e. The lowest BCUT2D eigenvalue weighted by Crippen LogP contribution is -2.43. The van der Waals surface area contributed by atoms with Crippen molar-refractivity contribution < 1.29 is 9.47 Å². The minimum atomic E-state index is -0.448. The van der Waals surface area contributed by atoms with Gasteiger partial charge in [0.05, 0.1) is 19.3 Å². The second kappa shape index (κ2) is 6.04. The second-order valence-corrected chi connectivity index (χ2v) is 6.23. The van der Waals surface area contributed by atoms with Gasteiger partial charge in [0.1, 0.15) is 5.41 Å². The Morgan fingerprint density at radius 3 is 2.28 bits per heavy atom. The first-order valence-electron chi connectivity index (χ1n) is 7.31. The normalized spacial score (nSPS) is 41.3. The summed E-state index contributed by atoms with van der Waals surface area (Å²) in [7, 11) is 0. The van der Waals surface area contributed by atoms with Crippen LogP contribution >= 0.6 is 0 Å². The van der Waals surface area contributed by atoms with Gasteiger partial charge in [0, 0.05) is 5.92 Å². The topological polar surface area (TPSA) is 42.2 Å². The summed E-state index contributed by atoms with van der Waals surface area (Å²) in [4.78, 5) is 0. The van der Waals surface area contributed by atoms with E-state index in [1.165, 1.54) is 38.5 Å². The molecule has 2 fully saturated rings. The van der Waals surface area contributed by atoms with E-state index in [1.54, 1.807) is 0 Å². The molecule has 2 aliphatic rings. The van der Waals surface area contributed by atoms with E-state index < -0.39 is 5.41 Å². The molecule has 102 valence electrons. The van der Waals surface area contributed by atoms with E-state index >= 15 is 0 Å². The summed E-state index contributed by atoms with van der Waals surface area (Å²) in [6, 6.07) is 2.28. The summed E-state index contributed by atoms with van der Waals surface area (Å²) in [6.07, 6.45) is 7.68. The van der Waals surface area contributed by atoms with Crippen molar-refractivity contribution in [1.29, 1.82) is 5.26 Å². The first kappa shape index (κ1) is 13.8. The van der Waals surface area contributed by atoms with Gasteiger partial charge in [-0.05, 0) is 38.5 Å². The van der Waals surface area contributed by atoms with E-state index in [2.05, 4.69) is 13.0 Å². The second-order valence-electron chi connectivity index (χ2n) is 6.23. The van der Waals surface area contributed by atoms with E-state index in [4.69, 9.17) is 14.7 Å². The molecule has 0 aromatic rings. The predicted molar refractivity (Wildman–Crippen MR) is 69.8 cm³/mol. The van der Waals surface area contributed by atoms with Crippen molar-refractivity contribution >= 4 is 0 Å². The van der Waals surface area contributed by atoms with E-state index in [1.807, 2.05) is 6.92 Å². The Balaban J connectivity index is 1.77. The standard InChI is InChI=1S/C15H25NO2/c1-3-4-12-5-7-13(8-6-12)14-17-10-15(2,9-16)11-18-14/h12-14H,3-8,10-11H2,1-2H3. The zero-order valence-electron chi connectivity index (χ0n) is 11.7. The average molecular weight is 251 g/mol. The van der Waals surface area contributed by atoms with Crippen LogP contribution in [0.2, 0.25) is 0 Å². The molecule has 0 aromatic heterocycles. The monoisotopic (exact) mass is 251 g/mol. The molecule has 1 saturated carbocycles. The lowest BCUT2D eigenvalue weighted by molar-refractivity contribution is -0.240. The summed E-state index contributed by atoms with van der Waals surface area (Å²) in [5.74, 6) is 1.46. The van der Waals surface area contributed by atoms with Gasteiger partial charge in [-0.2, -0.15) is 5.26 Å². The minimum absolute atomic E-state index is 0.0611. The number of rotatable bonds is 3. The van der Waals surface area contributed by atoms with Gasteiger partial charge >= 0.3 is 0 Å². The highest BCUT2D eigenvalue weighted by Crippen LogP contribution is 2.37. The largest absolute Gasteiger partial charge is 0.351 e. The molecule has 0 atom stereocenters. The fourth-order valence-corrected chi connectivity index (χ4v) is 3.12. The zero-order chi connectivity index (χ0) is 13.0. The number of nitrogens with zero attached hydrogens (tertiary/aromatic N) is 1. The average Bonchev–Trinajstić information content (AvgIpc) is 2.41. The zero-order valence-corrected chi connectivity index (χ0v) is 11.7. The third kappa shape index (κ3) is 3.24. The van der Waals surface area contributed by atoms with Crippen LogP contribution in [0, 0.1) is 28.6 Å². The van der Waals surface area contributed by atoms with Crippen molar-refractivity contribution in [2.24, 2.45) is 17.3 Å².